The molecule has 6 heteroatoms. The van der Waals surface area contributed by atoms with Crippen LogP contribution in [-0.2, 0) is 33.7 Å². The summed E-state index contributed by atoms with van der Waals surface area (Å²) in [4.78, 5) is 9.18. The van der Waals surface area contributed by atoms with Crippen molar-refractivity contribution in [1.82, 2.24) is 9.97 Å². The fraction of sp³-hybridized carbons (Fsp3) is 0.143. The molecule has 0 saturated carbocycles. The third-order valence-corrected chi connectivity index (χ3v) is 8.28. The van der Waals surface area contributed by atoms with Crippen LogP contribution in [0.25, 0.3) is 65.6 Å². The van der Waals surface area contributed by atoms with Gasteiger partial charge in [0.1, 0.15) is 0 Å². The molecule has 8 rings (SSSR count). The van der Waals surface area contributed by atoms with Crippen molar-refractivity contribution in [2.75, 3.05) is 0 Å². The Kier molecular flexibility index (Phi) is 13.3. The second kappa shape index (κ2) is 17.8. The first-order valence-corrected chi connectivity index (χ1v) is 24.5. The normalized spacial score (nSPS) is 10.5. The number of aromatic nitrogens is 2. The SMILES string of the molecule is CCc1cc2c(-c3cccc4cccnc34)cccc2[cH-]1.CCc1cc2c(-c3cccc4cccnc34)cccc2[cH-]1.C[Si]C.[Cl][Zr+2][Cl]. The quantitative estimate of drug-likeness (QED) is 0.132. The summed E-state index contributed by atoms with van der Waals surface area (Å²) >= 11 is -0.826. The average molecular weight is 761 g/mol. The van der Waals surface area contributed by atoms with Gasteiger partial charge >= 0.3 is 37.9 Å². The Morgan fingerprint density at radius 2 is 0.917 bits per heavy atom. The Balaban J connectivity index is 0.000000162. The average Bonchev–Trinajstić information content (AvgIpc) is 3.76. The predicted octanol–water partition coefficient (Wildman–Crippen LogP) is 12.8. The van der Waals surface area contributed by atoms with Crippen LogP contribution in [0.3, 0.4) is 0 Å². The van der Waals surface area contributed by atoms with Crippen LogP contribution in [0, 0.1) is 0 Å². The summed E-state index contributed by atoms with van der Waals surface area (Å²) < 4.78 is 0. The first-order valence-electron chi connectivity index (χ1n) is 16.2. The predicted molar refractivity (Wildman–Crippen MR) is 208 cm³/mol. The topological polar surface area (TPSA) is 25.8 Å². The van der Waals surface area contributed by atoms with Crippen LogP contribution in [0.5, 0.6) is 0 Å². The van der Waals surface area contributed by atoms with Gasteiger partial charge in [0.2, 0.25) is 0 Å². The van der Waals surface area contributed by atoms with E-state index < -0.39 is 20.8 Å². The van der Waals surface area contributed by atoms with E-state index in [1.807, 2.05) is 24.5 Å². The van der Waals surface area contributed by atoms with Crippen molar-refractivity contribution in [3.05, 3.63) is 145 Å². The summed E-state index contributed by atoms with van der Waals surface area (Å²) in [5.74, 6) is 0. The molecule has 238 valence electrons. The second-order valence-corrected chi connectivity index (χ2v) is 16.1. The minimum atomic E-state index is -0.826. The van der Waals surface area contributed by atoms with Crippen LogP contribution in [0.15, 0.2) is 134 Å². The third kappa shape index (κ3) is 8.24. The fourth-order valence-electron chi connectivity index (χ4n) is 6.11. The molecule has 2 aromatic heterocycles. The van der Waals surface area contributed by atoms with E-state index in [0.717, 1.165) is 33.4 Å². The van der Waals surface area contributed by atoms with Crippen molar-refractivity contribution in [3.63, 3.8) is 0 Å². The van der Waals surface area contributed by atoms with Gasteiger partial charge in [-0.1, -0.05) is 98.7 Å². The van der Waals surface area contributed by atoms with E-state index in [4.69, 9.17) is 17.0 Å². The van der Waals surface area contributed by atoms with Crippen molar-refractivity contribution in [2.45, 2.75) is 39.8 Å². The van der Waals surface area contributed by atoms with Crippen molar-refractivity contribution in [2.24, 2.45) is 0 Å². The monoisotopic (exact) mass is 758 g/mol. The molecule has 0 fully saturated rings. The molecule has 2 radical (unpaired) electrons. The van der Waals surface area contributed by atoms with Gasteiger partial charge in [-0.2, -0.15) is 12.1 Å². The van der Waals surface area contributed by atoms with E-state index >= 15 is 0 Å². The molecular formula is C42H38Cl2N2SiZr. The van der Waals surface area contributed by atoms with E-state index in [1.165, 1.54) is 65.7 Å². The molecule has 0 amide bonds. The van der Waals surface area contributed by atoms with Gasteiger partial charge in [-0.05, 0) is 36.1 Å². The number of nitrogens with zero attached hydrogens (tertiary/aromatic N) is 2. The Bertz CT molecular complexity index is 2070. The van der Waals surface area contributed by atoms with Gasteiger partial charge in [-0.15, -0.1) is 69.1 Å². The van der Waals surface area contributed by atoms with E-state index in [1.54, 1.807) is 0 Å². The molecule has 2 nitrogen and oxygen atoms in total. The van der Waals surface area contributed by atoms with Crippen molar-refractivity contribution in [1.29, 1.82) is 0 Å². The number of pyridine rings is 2. The molecule has 0 saturated heterocycles. The molecule has 0 bridgehead atoms. The Morgan fingerprint density at radius 3 is 1.31 bits per heavy atom. The molecule has 0 aliphatic rings. The summed E-state index contributed by atoms with van der Waals surface area (Å²) in [5, 5.41) is 7.66. The summed E-state index contributed by atoms with van der Waals surface area (Å²) in [6.45, 7) is 8.71. The van der Waals surface area contributed by atoms with E-state index in [0.29, 0.717) is 0 Å². The molecule has 6 aromatic carbocycles. The molecule has 0 atom stereocenters. The van der Waals surface area contributed by atoms with Gasteiger partial charge in [-0.3, -0.25) is 9.97 Å². The van der Waals surface area contributed by atoms with Gasteiger partial charge in [-0.25, -0.2) is 0 Å². The molecule has 48 heavy (non-hydrogen) atoms. The zero-order valence-corrected chi connectivity index (χ0v) is 32.7. The first kappa shape index (κ1) is 35.9. The number of hydrogen-bond donors (Lipinski definition) is 0. The van der Waals surface area contributed by atoms with Crippen LogP contribution in [0.1, 0.15) is 25.0 Å². The molecule has 0 unspecified atom stereocenters. The molecular weight excluding hydrogens is 723 g/mol. The molecule has 8 aromatic rings. The Hall–Kier alpha value is -3.40. The van der Waals surface area contributed by atoms with Crippen LogP contribution in [0.2, 0.25) is 13.1 Å². The first-order chi connectivity index (χ1) is 23.6. The fourth-order valence-corrected chi connectivity index (χ4v) is 6.11. The Morgan fingerprint density at radius 1 is 0.562 bits per heavy atom. The third-order valence-electron chi connectivity index (χ3n) is 8.28. The van der Waals surface area contributed by atoms with E-state index in [-0.39, 0.29) is 0 Å². The molecule has 0 aliphatic carbocycles. The van der Waals surface area contributed by atoms with Gasteiger partial charge < -0.3 is 0 Å². The van der Waals surface area contributed by atoms with Gasteiger partial charge in [0, 0.05) is 32.7 Å². The van der Waals surface area contributed by atoms with Crippen LogP contribution in [0.4, 0.5) is 0 Å². The number of benzene rings is 4. The zero-order chi connectivity index (χ0) is 33.9. The number of rotatable bonds is 4. The van der Waals surface area contributed by atoms with E-state index in [9.17, 15) is 0 Å². The van der Waals surface area contributed by atoms with Crippen LogP contribution in [-0.4, -0.2) is 19.5 Å². The van der Waals surface area contributed by atoms with Crippen molar-refractivity contribution < 1.29 is 20.8 Å². The van der Waals surface area contributed by atoms with Crippen LogP contribution >= 0.6 is 17.0 Å². The second-order valence-electron chi connectivity index (χ2n) is 11.4. The molecule has 0 aliphatic heterocycles. The molecule has 0 N–H and O–H groups in total. The molecule has 2 heterocycles. The molecule has 0 spiro atoms. The van der Waals surface area contributed by atoms with Crippen molar-refractivity contribution in [3.8, 4) is 22.3 Å². The standard InChI is InChI=1S/2C20H16N.C2H6Si.2ClH.Zr/c2*1-2-14-12-16-7-4-9-17(19(16)13-14)18-10-3-6-15-8-5-11-21-20(15)18;1-3-2;;;/h2*3-13H,2H2,1H3;1-2H3;2*1H;/q2*-1;;;;+4/p-2. The number of fused-ring (bicyclic) bond motifs is 4. The maximum atomic E-state index is 4.93. The summed E-state index contributed by atoms with van der Waals surface area (Å²) in [6.07, 6.45) is 5.88. The van der Waals surface area contributed by atoms with Gasteiger partial charge in [0.15, 0.2) is 0 Å². The maximum absolute atomic E-state index is 4.93. The minimum absolute atomic E-state index is 0.826. The van der Waals surface area contributed by atoms with Crippen LogP contribution < -0.4 is 0 Å². The number of aryl methyl sites for hydroxylation is 2. The summed E-state index contributed by atoms with van der Waals surface area (Å²) in [5.41, 5.74) is 9.92. The zero-order valence-electron chi connectivity index (χ0n) is 27.8. The van der Waals surface area contributed by atoms with Crippen molar-refractivity contribution >= 4 is 69.9 Å². The summed E-state index contributed by atoms with van der Waals surface area (Å²) in [6, 6.07) is 43.3. The number of halogens is 2. The van der Waals surface area contributed by atoms with Gasteiger partial charge in [0.05, 0.1) is 11.0 Å². The summed E-state index contributed by atoms with van der Waals surface area (Å²) in [7, 11) is 11.0. The number of para-hydroxylation sites is 2. The van der Waals surface area contributed by atoms with E-state index in [2.05, 4.69) is 146 Å². The Labute approximate surface area is 305 Å². The number of hydrogen-bond acceptors (Lipinski definition) is 2. The van der Waals surface area contributed by atoms with Gasteiger partial charge in [0.25, 0.3) is 0 Å².